The summed E-state index contributed by atoms with van der Waals surface area (Å²) in [4.78, 5) is 10.9. The second-order valence-electron chi connectivity index (χ2n) is 3.97. The zero-order chi connectivity index (χ0) is 10.6. The predicted octanol–water partition coefficient (Wildman–Crippen LogP) is 2.60. The van der Waals surface area contributed by atoms with Crippen molar-refractivity contribution < 1.29 is 9.53 Å². The van der Waals surface area contributed by atoms with E-state index in [-0.39, 0.29) is 6.10 Å². The summed E-state index contributed by atoms with van der Waals surface area (Å²) in [5.41, 5.74) is 0.544. The largest absolute Gasteiger partial charge is 0.376 e. The van der Waals surface area contributed by atoms with Gasteiger partial charge in [0, 0.05) is 7.11 Å². The van der Waals surface area contributed by atoms with Crippen LogP contribution in [0.2, 0.25) is 0 Å². The van der Waals surface area contributed by atoms with Gasteiger partial charge < -0.3 is 9.53 Å². The van der Waals surface area contributed by atoms with Crippen LogP contribution in [0.5, 0.6) is 0 Å². The number of methoxy groups -OCH3 is 1. The monoisotopic (exact) mass is 192 g/mol. The fourth-order valence-corrected chi connectivity index (χ4v) is 1.56. The van der Waals surface area contributed by atoms with Gasteiger partial charge in [-0.2, -0.15) is 0 Å². The van der Waals surface area contributed by atoms with Crippen LogP contribution in [-0.4, -0.2) is 13.4 Å². The summed E-state index contributed by atoms with van der Waals surface area (Å²) < 4.78 is 5.36. The summed E-state index contributed by atoms with van der Waals surface area (Å²) in [7, 11) is 1.63. The molecule has 0 aromatic heterocycles. The van der Waals surface area contributed by atoms with E-state index in [4.69, 9.17) is 4.74 Å². The highest BCUT2D eigenvalue weighted by Gasteiger charge is 2.30. The van der Waals surface area contributed by atoms with E-state index in [1.807, 2.05) is 44.2 Å². The number of aldehydes is 1. The lowest BCUT2D eigenvalue weighted by Gasteiger charge is -2.28. The molecule has 1 aromatic carbocycles. The molecule has 0 aliphatic heterocycles. The van der Waals surface area contributed by atoms with Gasteiger partial charge in [-0.15, -0.1) is 0 Å². The highest BCUT2D eigenvalue weighted by atomic mass is 16.5. The maximum Gasteiger partial charge on any atom is 0.128 e. The third-order valence-corrected chi connectivity index (χ3v) is 2.32. The van der Waals surface area contributed by atoms with Crippen molar-refractivity contribution in [3.05, 3.63) is 35.9 Å². The Morgan fingerprint density at radius 2 is 1.86 bits per heavy atom. The van der Waals surface area contributed by atoms with Crippen molar-refractivity contribution in [3.8, 4) is 0 Å². The Morgan fingerprint density at radius 3 is 2.29 bits per heavy atom. The van der Waals surface area contributed by atoms with Crippen LogP contribution in [0.1, 0.15) is 25.5 Å². The Balaban J connectivity index is 2.99. The van der Waals surface area contributed by atoms with Crippen molar-refractivity contribution in [3.63, 3.8) is 0 Å². The summed E-state index contributed by atoms with van der Waals surface area (Å²) in [6.45, 7) is 3.75. The number of carbonyl (C=O) groups is 1. The maximum absolute atomic E-state index is 10.9. The van der Waals surface area contributed by atoms with Crippen LogP contribution >= 0.6 is 0 Å². The van der Waals surface area contributed by atoms with E-state index in [1.165, 1.54) is 0 Å². The van der Waals surface area contributed by atoms with Crippen LogP contribution < -0.4 is 0 Å². The van der Waals surface area contributed by atoms with Crippen LogP contribution in [0.25, 0.3) is 0 Å². The fourth-order valence-electron chi connectivity index (χ4n) is 1.56. The quantitative estimate of drug-likeness (QED) is 0.685. The number of hydrogen-bond donors (Lipinski definition) is 0. The first-order valence-corrected chi connectivity index (χ1v) is 4.66. The van der Waals surface area contributed by atoms with E-state index >= 15 is 0 Å². The van der Waals surface area contributed by atoms with Crippen LogP contribution in [0, 0.1) is 5.41 Å². The van der Waals surface area contributed by atoms with Crippen LogP contribution in [-0.2, 0) is 9.53 Å². The molecular weight excluding hydrogens is 176 g/mol. The van der Waals surface area contributed by atoms with Crippen molar-refractivity contribution in [1.82, 2.24) is 0 Å². The van der Waals surface area contributed by atoms with Gasteiger partial charge in [-0.05, 0) is 5.56 Å². The number of carbonyl (C=O) groups excluding carboxylic acids is 1. The molecule has 0 radical (unpaired) electrons. The molecule has 0 saturated carbocycles. The molecule has 1 unspecified atom stereocenters. The van der Waals surface area contributed by atoms with Crippen molar-refractivity contribution in [2.75, 3.05) is 7.11 Å². The lowest BCUT2D eigenvalue weighted by atomic mass is 9.84. The second kappa shape index (κ2) is 4.38. The first-order valence-electron chi connectivity index (χ1n) is 4.66. The zero-order valence-corrected chi connectivity index (χ0v) is 8.86. The number of hydrogen-bond acceptors (Lipinski definition) is 2. The minimum atomic E-state index is -0.490. The van der Waals surface area contributed by atoms with Gasteiger partial charge >= 0.3 is 0 Å². The Morgan fingerprint density at radius 1 is 1.29 bits per heavy atom. The molecule has 0 amide bonds. The van der Waals surface area contributed by atoms with Crippen LogP contribution in [0.15, 0.2) is 30.3 Å². The number of ether oxygens (including phenoxy) is 1. The predicted molar refractivity (Wildman–Crippen MR) is 56.0 cm³/mol. The molecule has 2 heteroatoms. The average Bonchev–Trinajstić information content (AvgIpc) is 2.20. The molecule has 14 heavy (non-hydrogen) atoms. The third-order valence-electron chi connectivity index (χ3n) is 2.32. The second-order valence-corrected chi connectivity index (χ2v) is 3.97. The minimum absolute atomic E-state index is 0.179. The molecule has 0 fully saturated rings. The molecule has 0 heterocycles. The standard InChI is InChI=1S/C12H16O2/c1-12(2,9-13)11(14-3)10-7-5-4-6-8-10/h4-9,11H,1-3H3. The normalized spacial score (nSPS) is 13.6. The molecule has 0 spiro atoms. The van der Waals surface area contributed by atoms with Gasteiger partial charge in [-0.3, -0.25) is 0 Å². The molecule has 1 aromatic rings. The van der Waals surface area contributed by atoms with E-state index in [9.17, 15) is 4.79 Å². The Labute approximate surface area is 84.9 Å². The molecule has 0 N–H and O–H groups in total. The van der Waals surface area contributed by atoms with Crippen molar-refractivity contribution >= 4 is 6.29 Å². The van der Waals surface area contributed by atoms with Crippen molar-refractivity contribution in [2.24, 2.45) is 5.41 Å². The molecule has 2 nitrogen and oxygen atoms in total. The summed E-state index contributed by atoms with van der Waals surface area (Å²) in [5, 5.41) is 0. The minimum Gasteiger partial charge on any atom is -0.376 e. The highest BCUT2D eigenvalue weighted by molar-refractivity contribution is 5.59. The van der Waals surface area contributed by atoms with Gasteiger partial charge in [-0.1, -0.05) is 44.2 Å². The highest BCUT2D eigenvalue weighted by Crippen LogP contribution is 2.33. The summed E-state index contributed by atoms with van der Waals surface area (Å²) >= 11 is 0. The molecule has 1 atom stereocenters. The van der Waals surface area contributed by atoms with E-state index < -0.39 is 5.41 Å². The molecule has 76 valence electrons. The van der Waals surface area contributed by atoms with Gasteiger partial charge in [0.25, 0.3) is 0 Å². The molecule has 0 saturated heterocycles. The first-order chi connectivity index (χ1) is 6.61. The van der Waals surface area contributed by atoms with Gasteiger partial charge in [0.05, 0.1) is 11.5 Å². The molecule has 0 bridgehead atoms. The number of rotatable bonds is 4. The SMILES string of the molecule is COC(c1ccccc1)C(C)(C)C=O. The first kappa shape index (κ1) is 10.9. The van der Waals surface area contributed by atoms with E-state index in [2.05, 4.69) is 0 Å². The Hall–Kier alpha value is -1.15. The van der Waals surface area contributed by atoms with Crippen LogP contribution in [0.4, 0.5) is 0 Å². The van der Waals surface area contributed by atoms with E-state index in [0.717, 1.165) is 11.8 Å². The third kappa shape index (κ3) is 2.20. The molecule has 1 rings (SSSR count). The fraction of sp³-hybridized carbons (Fsp3) is 0.417. The lowest BCUT2D eigenvalue weighted by molar-refractivity contribution is -0.122. The summed E-state index contributed by atoms with van der Waals surface area (Å²) in [5.74, 6) is 0. The van der Waals surface area contributed by atoms with Crippen LogP contribution in [0.3, 0.4) is 0 Å². The zero-order valence-electron chi connectivity index (χ0n) is 8.86. The van der Waals surface area contributed by atoms with Gasteiger partial charge in [0.2, 0.25) is 0 Å². The van der Waals surface area contributed by atoms with Gasteiger partial charge in [0.1, 0.15) is 6.29 Å². The van der Waals surface area contributed by atoms with Gasteiger partial charge in [-0.25, -0.2) is 0 Å². The number of benzene rings is 1. The molecule has 0 aliphatic carbocycles. The lowest BCUT2D eigenvalue weighted by Crippen LogP contribution is -2.25. The van der Waals surface area contributed by atoms with Crippen molar-refractivity contribution in [2.45, 2.75) is 20.0 Å². The van der Waals surface area contributed by atoms with E-state index in [1.54, 1.807) is 7.11 Å². The molecular formula is C12H16O2. The average molecular weight is 192 g/mol. The smallest absolute Gasteiger partial charge is 0.128 e. The topological polar surface area (TPSA) is 26.3 Å². The van der Waals surface area contributed by atoms with Gasteiger partial charge in [0.15, 0.2) is 0 Å². The van der Waals surface area contributed by atoms with Crippen molar-refractivity contribution in [1.29, 1.82) is 0 Å². The summed E-state index contributed by atoms with van der Waals surface area (Å²) in [6.07, 6.45) is 0.759. The summed E-state index contributed by atoms with van der Waals surface area (Å²) in [6, 6.07) is 9.79. The molecule has 0 aliphatic rings. The van der Waals surface area contributed by atoms with E-state index in [0.29, 0.717) is 0 Å². The Bertz CT molecular complexity index is 290. The Kier molecular flexibility index (Phi) is 3.42. The maximum atomic E-state index is 10.9.